The molecule has 34 heavy (non-hydrogen) atoms. The van der Waals surface area contributed by atoms with Gasteiger partial charge in [-0.15, -0.1) is 0 Å². The molecule has 1 spiro atoms. The van der Waals surface area contributed by atoms with Crippen LogP contribution >= 0.6 is 0 Å². The molecule has 2 N–H and O–H groups in total. The smallest absolute Gasteiger partial charge is 0.475 e. The van der Waals surface area contributed by atoms with Gasteiger partial charge in [0.05, 0.1) is 12.7 Å². The van der Waals surface area contributed by atoms with E-state index >= 15 is 0 Å². The number of halogens is 3. The van der Waals surface area contributed by atoms with Crippen molar-refractivity contribution in [1.82, 2.24) is 10.2 Å². The minimum atomic E-state index is -5.08. The first-order chi connectivity index (χ1) is 16.0. The molecule has 1 saturated carbocycles. The summed E-state index contributed by atoms with van der Waals surface area (Å²) >= 11 is 0. The van der Waals surface area contributed by atoms with Crippen molar-refractivity contribution in [2.45, 2.75) is 38.4 Å². The first-order valence-electron chi connectivity index (χ1n) is 11.2. The van der Waals surface area contributed by atoms with Gasteiger partial charge in [0.15, 0.2) is 0 Å². The van der Waals surface area contributed by atoms with Crippen LogP contribution in [-0.4, -0.2) is 79.9 Å². The zero-order valence-corrected chi connectivity index (χ0v) is 19.2. The quantitative estimate of drug-likeness (QED) is 0.635. The second kappa shape index (κ2) is 10.2. The zero-order valence-electron chi connectivity index (χ0n) is 19.2. The van der Waals surface area contributed by atoms with Crippen LogP contribution in [-0.2, 0) is 14.3 Å². The van der Waals surface area contributed by atoms with E-state index in [9.17, 15) is 22.8 Å². The highest BCUT2D eigenvalue weighted by Crippen LogP contribution is 2.59. The number of methoxy groups -OCH3 is 1. The van der Waals surface area contributed by atoms with Gasteiger partial charge in [-0.3, -0.25) is 4.79 Å². The maximum absolute atomic E-state index is 13.1. The molecule has 1 amide bonds. The van der Waals surface area contributed by atoms with Gasteiger partial charge in [0.25, 0.3) is 0 Å². The molecule has 0 aromatic heterocycles. The van der Waals surface area contributed by atoms with Crippen molar-refractivity contribution < 1.29 is 37.4 Å². The number of benzene rings is 1. The standard InChI is InChI=1S/C21H29N3O3.C2HF3O2/c1-15-14-23(17-5-3-16(4-6-17)20(26)27-2)11-12-24(15)19(25)18-13-21(18)7-9-22-10-8-21;3-2(4,5)1(6)7/h3-6,15,18,22H,7-14H2,1-2H3;(H,6,7). The molecule has 0 bridgehead atoms. The van der Waals surface area contributed by atoms with Crippen molar-refractivity contribution in [3.05, 3.63) is 29.8 Å². The number of anilines is 1. The van der Waals surface area contributed by atoms with Crippen molar-refractivity contribution in [3.63, 3.8) is 0 Å². The number of hydrogen-bond donors (Lipinski definition) is 2. The van der Waals surface area contributed by atoms with Crippen molar-refractivity contribution in [2.75, 3.05) is 44.7 Å². The number of aliphatic carboxylic acids is 1. The lowest BCUT2D eigenvalue weighted by Gasteiger charge is -2.41. The maximum atomic E-state index is 13.1. The predicted molar refractivity (Wildman–Crippen MR) is 118 cm³/mol. The highest BCUT2D eigenvalue weighted by molar-refractivity contribution is 5.89. The SMILES string of the molecule is COC(=O)c1ccc(N2CCN(C(=O)C3CC34CCNCC4)C(C)C2)cc1.O=C(O)C(F)(F)F. The van der Waals surface area contributed by atoms with E-state index < -0.39 is 12.1 Å². The second-order valence-electron chi connectivity index (χ2n) is 9.04. The Morgan fingerprint density at radius 1 is 1.12 bits per heavy atom. The van der Waals surface area contributed by atoms with Gasteiger partial charge in [-0.25, -0.2) is 9.59 Å². The summed E-state index contributed by atoms with van der Waals surface area (Å²) in [4.78, 5) is 37.9. The Morgan fingerprint density at radius 3 is 2.21 bits per heavy atom. The summed E-state index contributed by atoms with van der Waals surface area (Å²) in [6.07, 6.45) is -1.72. The molecule has 1 aromatic carbocycles. The van der Waals surface area contributed by atoms with Crippen LogP contribution in [0.15, 0.2) is 24.3 Å². The number of ether oxygens (including phenoxy) is 1. The molecule has 2 saturated heterocycles. The van der Waals surface area contributed by atoms with E-state index in [-0.39, 0.29) is 17.9 Å². The molecular weight excluding hydrogens is 455 g/mol. The van der Waals surface area contributed by atoms with Gasteiger partial charge < -0.3 is 25.0 Å². The number of carbonyl (C=O) groups excluding carboxylic acids is 2. The Morgan fingerprint density at radius 2 is 1.71 bits per heavy atom. The molecule has 188 valence electrons. The molecule has 11 heteroatoms. The fraction of sp³-hybridized carbons (Fsp3) is 0.609. The van der Waals surface area contributed by atoms with Gasteiger partial charge in [-0.1, -0.05) is 0 Å². The third kappa shape index (κ3) is 5.81. The summed E-state index contributed by atoms with van der Waals surface area (Å²) < 4.78 is 36.5. The minimum Gasteiger partial charge on any atom is -0.475 e. The first kappa shape index (κ1) is 25.8. The van der Waals surface area contributed by atoms with Crippen LogP contribution in [0.3, 0.4) is 0 Å². The highest BCUT2D eigenvalue weighted by atomic mass is 19.4. The van der Waals surface area contributed by atoms with Crippen LogP contribution in [0.1, 0.15) is 36.5 Å². The average molecular weight is 486 g/mol. The zero-order chi connectivity index (χ0) is 25.1. The van der Waals surface area contributed by atoms with Crippen LogP contribution in [0, 0.1) is 11.3 Å². The normalized spacial score (nSPS) is 23.6. The lowest BCUT2D eigenvalue weighted by atomic mass is 9.91. The second-order valence-corrected chi connectivity index (χ2v) is 9.04. The molecule has 3 aliphatic rings. The number of esters is 1. The van der Waals surface area contributed by atoms with Crippen LogP contribution in [0.5, 0.6) is 0 Å². The molecule has 2 heterocycles. The summed E-state index contributed by atoms with van der Waals surface area (Å²) in [6.45, 7) is 6.66. The summed E-state index contributed by atoms with van der Waals surface area (Å²) in [6, 6.07) is 7.72. The first-order valence-corrected chi connectivity index (χ1v) is 11.2. The van der Waals surface area contributed by atoms with Gasteiger partial charge in [-0.2, -0.15) is 13.2 Å². The number of alkyl halides is 3. The number of carbonyl (C=O) groups is 3. The Labute approximate surface area is 196 Å². The highest BCUT2D eigenvalue weighted by Gasteiger charge is 2.59. The Kier molecular flexibility index (Phi) is 7.74. The van der Waals surface area contributed by atoms with E-state index in [1.54, 1.807) is 12.1 Å². The number of piperidine rings is 1. The minimum absolute atomic E-state index is 0.200. The van der Waals surface area contributed by atoms with E-state index in [4.69, 9.17) is 14.6 Å². The van der Waals surface area contributed by atoms with Gasteiger partial charge in [0.1, 0.15) is 0 Å². The largest absolute Gasteiger partial charge is 0.490 e. The molecule has 3 fully saturated rings. The Balaban J connectivity index is 0.000000406. The molecule has 2 atom stereocenters. The number of carboxylic acids is 1. The number of hydrogen-bond acceptors (Lipinski definition) is 6. The van der Waals surface area contributed by atoms with Crippen LogP contribution in [0.2, 0.25) is 0 Å². The molecular formula is C23H30F3N3O5. The average Bonchev–Trinajstić information content (AvgIpc) is 3.50. The number of rotatable bonds is 3. The third-order valence-electron chi connectivity index (χ3n) is 6.89. The van der Waals surface area contributed by atoms with Gasteiger partial charge in [-0.05, 0) is 69.0 Å². The Hall–Kier alpha value is -2.82. The molecule has 1 aromatic rings. The van der Waals surface area contributed by atoms with Crippen molar-refractivity contribution in [1.29, 1.82) is 0 Å². The molecule has 1 aliphatic carbocycles. The van der Waals surface area contributed by atoms with Crippen LogP contribution in [0.4, 0.5) is 18.9 Å². The topological polar surface area (TPSA) is 99.2 Å². The maximum Gasteiger partial charge on any atom is 0.490 e. The van der Waals surface area contributed by atoms with Crippen LogP contribution in [0.25, 0.3) is 0 Å². The summed E-state index contributed by atoms with van der Waals surface area (Å²) in [5.41, 5.74) is 1.94. The lowest BCUT2D eigenvalue weighted by molar-refractivity contribution is -0.192. The number of carboxylic acid groups (broad SMARTS) is 1. The molecule has 2 aliphatic heterocycles. The number of nitrogens with one attached hydrogen (secondary N) is 1. The van der Waals surface area contributed by atoms with Gasteiger partial charge >= 0.3 is 18.1 Å². The predicted octanol–water partition coefficient (Wildman–Crippen LogP) is 2.53. The summed E-state index contributed by atoms with van der Waals surface area (Å²) in [5, 5.41) is 10.5. The Bertz CT molecular complexity index is 900. The van der Waals surface area contributed by atoms with Gasteiger partial charge in [0.2, 0.25) is 5.91 Å². The van der Waals surface area contributed by atoms with E-state index in [1.165, 1.54) is 7.11 Å². The molecule has 0 radical (unpaired) electrons. The van der Waals surface area contributed by atoms with E-state index in [0.717, 1.165) is 57.7 Å². The van der Waals surface area contributed by atoms with Crippen LogP contribution < -0.4 is 10.2 Å². The summed E-state index contributed by atoms with van der Waals surface area (Å²) in [5.74, 6) is -2.47. The lowest BCUT2D eigenvalue weighted by Crippen LogP contribution is -2.55. The monoisotopic (exact) mass is 485 g/mol. The number of amides is 1. The molecule has 4 rings (SSSR count). The van der Waals surface area contributed by atoms with E-state index in [2.05, 4.69) is 22.0 Å². The van der Waals surface area contributed by atoms with Gasteiger partial charge in [0, 0.05) is 37.3 Å². The molecule has 8 nitrogen and oxygen atoms in total. The van der Waals surface area contributed by atoms with Crippen molar-refractivity contribution in [3.8, 4) is 0 Å². The number of nitrogens with zero attached hydrogens (tertiary/aromatic N) is 2. The fourth-order valence-corrected chi connectivity index (χ4v) is 4.82. The third-order valence-corrected chi connectivity index (χ3v) is 6.89. The number of piperazine rings is 1. The van der Waals surface area contributed by atoms with E-state index in [1.807, 2.05) is 12.1 Å². The van der Waals surface area contributed by atoms with Crippen molar-refractivity contribution >= 4 is 23.5 Å². The molecule has 2 unspecified atom stereocenters. The fourth-order valence-electron chi connectivity index (χ4n) is 4.82. The van der Waals surface area contributed by atoms with E-state index in [0.29, 0.717) is 16.9 Å². The summed E-state index contributed by atoms with van der Waals surface area (Å²) in [7, 11) is 1.39. The van der Waals surface area contributed by atoms with Crippen molar-refractivity contribution in [2.24, 2.45) is 11.3 Å².